The predicted molar refractivity (Wildman–Crippen MR) is 55.5 cm³/mol. The van der Waals surface area contributed by atoms with Crippen molar-refractivity contribution in [1.82, 2.24) is 0 Å². The van der Waals surface area contributed by atoms with Crippen molar-refractivity contribution in [2.75, 3.05) is 18.0 Å². The fraction of sp³-hybridized carbons (Fsp3) is 0.400. The molecule has 1 aliphatic heterocycles. The summed E-state index contributed by atoms with van der Waals surface area (Å²) >= 11 is 3.42. The van der Waals surface area contributed by atoms with Gasteiger partial charge in [0.25, 0.3) is 0 Å². The van der Waals surface area contributed by atoms with Crippen LogP contribution in [0.25, 0.3) is 0 Å². The van der Waals surface area contributed by atoms with Crippen LogP contribution < -0.4 is 4.90 Å². The van der Waals surface area contributed by atoms with Crippen LogP contribution in [0.3, 0.4) is 0 Å². The summed E-state index contributed by atoms with van der Waals surface area (Å²) < 4.78 is 13.9. The van der Waals surface area contributed by atoms with Gasteiger partial charge in [-0.2, -0.15) is 0 Å². The van der Waals surface area contributed by atoms with Crippen molar-refractivity contribution in [1.29, 1.82) is 0 Å². The standard InChI is InChI=1S/C10H11BrFN/c1-7-5-13(6-7)10-4-8(12)2-3-9(10)11/h2-4,7H,5-6H2,1H3. The summed E-state index contributed by atoms with van der Waals surface area (Å²) in [5.74, 6) is 0.563. The molecule has 3 heteroatoms. The average molecular weight is 244 g/mol. The summed E-state index contributed by atoms with van der Waals surface area (Å²) in [7, 11) is 0. The van der Waals surface area contributed by atoms with E-state index in [1.807, 2.05) is 0 Å². The van der Waals surface area contributed by atoms with Gasteiger partial charge in [-0.3, -0.25) is 0 Å². The number of rotatable bonds is 1. The van der Waals surface area contributed by atoms with E-state index in [0.29, 0.717) is 0 Å². The molecular weight excluding hydrogens is 233 g/mol. The fourth-order valence-corrected chi connectivity index (χ4v) is 2.12. The molecule has 0 unspecified atom stereocenters. The second-order valence-electron chi connectivity index (χ2n) is 3.61. The minimum atomic E-state index is -0.169. The van der Waals surface area contributed by atoms with Crippen molar-refractivity contribution >= 4 is 21.6 Å². The predicted octanol–water partition coefficient (Wildman–Crippen LogP) is 3.04. The third kappa shape index (κ3) is 1.70. The summed E-state index contributed by atoms with van der Waals surface area (Å²) in [5.41, 5.74) is 0.970. The first-order valence-corrected chi connectivity index (χ1v) is 5.16. The number of nitrogens with zero attached hydrogens (tertiary/aromatic N) is 1. The number of benzene rings is 1. The summed E-state index contributed by atoms with van der Waals surface area (Å²) in [6.45, 7) is 4.26. The quantitative estimate of drug-likeness (QED) is 0.733. The minimum Gasteiger partial charge on any atom is -0.370 e. The Morgan fingerprint density at radius 2 is 2.15 bits per heavy atom. The van der Waals surface area contributed by atoms with Crippen LogP contribution in [0.2, 0.25) is 0 Å². The first-order chi connectivity index (χ1) is 6.16. The molecular formula is C10H11BrFN. The molecule has 0 aromatic heterocycles. The van der Waals surface area contributed by atoms with Crippen LogP contribution in [0.5, 0.6) is 0 Å². The molecule has 13 heavy (non-hydrogen) atoms. The van der Waals surface area contributed by atoms with Gasteiger partial charge in [0, 0.05) is 17.6 Å². The molecule has 0 saturated carbocycles. The van der Waals surface area contributed by atoms with E-state index in [0.717, 1.165) is 29.2 Å². The van der Waals surface area contributed by atoms with Crippen LogP contribution in [0.1, 0.15) is 6.92 Å². The Kier molecular flexibility index (Phi) is 2.28. The maximum Gasteiger partial charge on any atom is 0.125 e. The Morgan fingerprint density at radius 3 is 2.77 bits per heavy atom. The van der Waals surface area contributed by atoms with Gasteiger partial charge in [-0.15, -0.1) is 0 Å². The van der Waals surface area contributed by atoms with Gasteiger partial charge in [-0.05, 0) is 40.0 Å². The molecule has 0 N–H and O–H groups in total. The normalized spacial score (nSPS) is 17.3. The van der Waals surface area contributed by atoms with Crippen LogP contribution >= 0.6 is 15.9 Å². The second kappa shape index (κ2) is 3.29. The highest BCUT2D eigenvalue weighted by Crippen LogP contribution is 2.31. The van der Waals surface area contributed by atoms with Gasteiger partial charge in [0.05, 0.1) is 5.69 Å². The zero-order chi connectivity index (χ0) is 9.42. The molecule has 70 valence electrons. The van der Waals surface area contributed by atoms with Crippen LogP contribution in [-0.2, 0) is 0 Å². The maximum atomic E-state index is 12.9. The van der Waals surface area contributed by atoms with Crippen molar-refractivity contribution in [2.24, 2.45) is 5.92 Å². The molecule has 1 nitrogen and oxygen atoms in total. The lowest BCUT2D eigenvalue weighted by Crippen LogP contribution is -2.45. The zero-order valence-corrected chi connectivity index (χ0v) is 9.01. The summed E-state index contributed by atoms with van der Waals surface area (Å²) in [5, 5.41) is 0. The van der Waals surface area contributed by atoms with Gasteiger partial charge in [-0.25, -0.2) is 4.39 Å². The molecule has 1 aromatic rings. The first-order valence-electron chi connectivity index (χ1n) is 4.37. The zero-order valence-electron chi connectivity index (χ0n) is 7.43. The van der Waals surface area contributed by atoms with Crippen molar-refractivity contribution in [3.63, 3.8) is 0 Å². The van der Waals surface area contributed by atoms with Crippen molar-refractivity contribution in [2.45, 2.75) is 6.92 Å². The topological polar surface area (TPSA) is 3.24 Å². The van der Waals surface area contributed by atoms with Gasteiger partial charge in [0.15, 0.2) is 0 Å². The maximum absolute atomic E-state index is 12.9. The lowest BCUT2D eigenvalue weighted by atomic mass is 10.0. The van der Waals surface area contributed by atoms with Crippen molar-refractivity contribution in [3.8, 4) is 0 Å². The average Bonchev–Trinajstić information content (AvgIpc) is 2.04. The van der Waals surface area contributed by atoms with Gasteiger partial charge in [0.1, 0.15) is 5.82 Å². The number of anilines is 1. The molecule has 0 amide bonds. The van der Waals surface area contributed by atoms with Crippen LogP contribution in [-0.4, -0.2) is 13.1 Å². The highest BCUT2D eigenvalue weighted by Gasteiger charge is 2.24. The smallest absolute Gasteiger partial charge is 0.125 e. The van der Waals surface area contributed by atoms with E-state index in [1.54, 1.807) is 12.1 Å². The number of halogens is 2. The Bertz CT molecular complexity index is 321. The van der Waals surface area contributed by atoms with E-state index in [2.05, 4.69) is 27.8 Å². The van der Waals surface area contributed by atoms with Crippen LogP contribution in [0.15, 0.2) is 22.7 Å². The van der Waals surface area contributed by atoms with Gasteiger partial charge < -0.3 is 4.90 Å². The van der Waals surface area contributed by atoms with Gasteiger partial charge in [0.2, 0.25) is 0 Å². The largest absolute Gasteiger partial charge is 0.370 e. The number of hydrogen-bond acceptors (Lipinski definition) is 1. The molecule has 2 rings (SSSR count). The Balaban J connectivity index is 2.24. The highest BCUT2D eigenvalue weighted by atomic mass is 79.9. The summed E-state index contributed by atoms with van der Waals surface area (Å²) in [4.78, 5) is 2.18. The first kappa shape index (κ1) is 9.00. The molecule has 1 heterocycles. The monoisotopic (exact) mass is 243 g/mol. The molecule has 1 aromatic carbocycles. The molecule has 0 aliphatic carbocycles. The van der Waals surface area contributed by atoms with Gasteiger partial charge >= 0.3 is 0 Å². The van der Waals surface area contributed by atoms with E-state index in [4.69, 9.17) is 0 Å². The van der Waals surface area contributed by atoms with Crippen LogP contribution in [0.4, 0.5) is 10.1 Å². The van der Waals surface area contributed by atoms with E-state index in [1.165, 1.54) is 6.07 Å². The molecule has 1 fully saturated rings. The highest BCUT2D eigenvalue weighted by molar-refractivity contribution is 9.10. The molecule has 1 saturated heterocycles. The van der Waals surface area contributed by atoms with Gasteiger partial charge in [-0.1, -0.05) is 6.92 Å². The SMILES string of the molecule is CC1CN(c2cc(F)ccc2Br)C1. The summed E-state index contributed by atoms with van der Waals surface area (Å²) in [6, 6.07) is 4.81. The number of hydrogen-bond donors (Lipinski definition) is 0. The van der Waals surface area contributed by atoms with Crippen molar-refractivity contribution < 1.29 is 4.39 Å². The summed E-state index contributed by atoms with van der Waals surface area (Å²) in [6.07, 6.45) is 0. The van der Waals surface area contributed by atoms with E-state index in [9.17, 15) is 4.39 Å². The second-order valence-corrected chi connectivity index (χ2v) is 4.46. The van der Waals surface area contributed by atoms with Crippen molar-refractivity contribution in [3.05, 3.63) is 28.5 Å². The molecule has 0 radical (unpaired) electrons. The minimum absolute atomic E-state index is 0.169. The Hall–Kier alpha value is -0.570. The lowest BCUT2D eigenvalue weighted by Gasteiger charge is -2.39. The fourth-order valence-electron chi connectivity index (χ4n) is 1.62. The third-order valence-electron chi connectivity index (χ3n) is 2.31. The Labute approximate surface area is 85.7 Å². The van der Waals surface area contributed by atoms with E-state index >= 15 is 0 Å². The van der Waals surface area contributed by atoms with Crippen LogP contribution in [0, 0.1) is 11.7 Å². The van der Waals surface area contributed by atoms with E-state index < -0.39 is 0 Å². The third-order valence-corrected chi connectivity index (χ3v) is 2.98. The molecule has 0 atom stereocenters. The molecule has 1 aliphatic rings. The molecule has 0 bridgehead atoms. The lowest BCUT2D eigenvalue weighted by molar-refractivity contribution is 0.446. The van der Waals surface area contributed by atoms with E-state index in [-0.39, 0.29) is 5.82 Å². The Morgan fingerprint density at radius 1 is 1.46 bits per heavy atom. The molecule has 0 spiro atoms.